The van der Waals surface area contributed by atoms with Crippen LogP contribution in [0.2, 0.25) is 0 Å². The van der Waals surface area contributed by atoms with Crippen LogP contribution in [-0.4, -0.2) is 22.3 Å². The molecule has 0 fully saturated rings. The summed E-state index contributed by atoms with van der Waals surface area (Å²) in [5.74, 6) is -0.866. The molecule has 0 aliphatic rings. The van der Waals surface area contributed by atoms with Crippen molar-refractivity contribution in [3.63, 3.8) is 0 Å². The molecule has 0 aliphatic carbocycles. The van der Waals surface area contributed by atoms with Crippen molar-refractivity contribution in [2.75, 3.05) is 6.54 Å². The van der Waals surface area contributed by atoms with Crippen molar-refractivity contribution in [3.8, 4) is 0 Å². The first-order chi connectivity index (χ1) is 12.0. The molecular weight excluding hydrogens is 322 g/mol. The van der Waals surface area contributed by atoms with E-state index in [4.69, 9.17) is 0 Å². The minimum atomic E-state index is -0.361. The average molecular weight is 340 g/mol. The first-order valence-corrected chi connectivity index (χ1v) is 8.08. The first-order valence-electron chi connectivity index (χ1n) is 8.08. The van der Waals surface area contributed by atoms with E-state index in [9.17, 15) is 13.6 Å². The van der Waals surface area contributed by atoms with Crippen LogP contribution >= 0.6 is 0 Å². The molecule has 128 valence electrons. The van der Waals surface area contributed by atoms with Crippen molar-refractivity contribution >= 4 is 16.8 Å². The van der Waals surface area contributed by atoms with Gasteiger partial charge in [-0.05, 0) is 49.7 Å². The van der Waals surface area contributed by atoms with Crippen molar-refractivity contribution < 1.29 is 13.6 Å². The van der Waals surface area contributed by atoms with Crippen LogP contribution in [0.3, 0.4) is 0 Å². The van der Waals surface area contributed by atoms with E-state index < -0.39 is 0 Å². The predicted molar refractivity (Wildman–Crippen MR) is 93.3 cm³/mol. The highest BCUT2D eigenvalue weighted by molar-refractivity contribution is 5.98. The molecule has 25 heavy (non-hydrogen) atoms. The number of benzene rings is 2. The Morgan fingerprint density at radius 1 is 1.08 bits per heavy atom. The number of halogens is 2. The number of carbonyl (C=O) groups is 1. The van der Waals surface area contributed by atoms with Gasteiger partial charge in [0.05, 0.1) is 16.8 Å². The molecule has 0 N–H and O–H groups in total. The Morgan fingerprint density at radius 3 is 2.56 bits per heavy atom. The van der Waals surface area contributed by atoms with E-state index in [1.54, 1.807) is 36.1 Å². The molecule has 1 amide bonds. The van der Waals surface area contributed by atoms with Gasteiger partial charge in [0.15, 0.2) is 0 Å². The normalized spacial score (nSPS) is 10.9. The largest absolute Gasteiger partial charge is 0.335 e. The summed E-state index contributed by atoms with van der Waals surface area (Å²) < 4.78 is 26.7. The van der Waals surface area contributed by atoms with Gasteiger partial charge in [-0.2, -0.15) is 0 Å². The lowest BCUT2D eigenvalue weighted by molar-refractivity contribution is 0.0751. The molecule has 3 rings (SSSR count). The van der Waals surface area contributed by atoms with Crippen LogP contribution in [0.1, 0.15) is 28.5 Å². The molecule has 5 heteroatoms. The number of hydrogen-bond acceptors (Lipinski definition) is 2. The Hall–Kier alpha value is -2.82. The quantitative estimate of drug-likeness (QED) is 0.701. The number of amides is 1. The fraction of sp³-hybridized carbons (Fsp3) is 0.200. The van der Waals surface area contributed by atoms with Gasteiger partial charge in [-0.3, -0.25) is 9.78 Å². The zero-order valence-corrected chi connectivity index (χ0v) is 14.1. The lowest BCUT2D eigenvalue weighted by Gasteiger charge is -2.22. The zero-order valence-electron chi connectivity index (χ0n) is 14.1. The zero-order chi connectivity index (χ0) is 18.0. The molecule has 0 atom stereocenters. The third kappa shape index (κ3) is 3.65. The maximum Gasteiger partial charge on any atom is 0.256 e. The number of pyridine rings is 1. The molecule has 0 saturated carbocycles. The number of aryl methyl sites for hydroxylation is 1. The molecule has 0 saturated heterocycles. The number of fused-ring (bicyclic) bond motifs is 1. The molecule has 1 heterocycles. The highest BCUT2D eigenvalue weighted by atomic mass is 19.1. The van der Waals surface area contributed by atoms with E-state index in [2.05, 4.69) is 4.98 Å². The van der Waals surface area contributed by atoms with Crippen LogP contribution in [0.5, 0.6) is 0 Å². The maximum atomic E-state index is 13.4. The molecule has 3 nitrogen and oxygen atoms in total. The van der Waals surface area contributed by atoms with E-state index >= 15 is 0 Å². The number of hydrogen-bond donors (Lipinski definition) is 0. The van der Waals surface area contributed by atoms with Gasteiger partial charge in [0.2, 0.25) is 0 Å². The van der Waals surface area contributed by atoms with E-state index in [1.807, 2.05) is 6.92 Å². The summed E-state index contributed by atoms with van der Waals surface area (Å²) in [5, 5.41) is 0.706. The molecule has 0 bridgehead atoms. The maximum absolute atomic E-state index is 13.4. The van der Waals surface area contributed by atoms with Crippen LogP contribution < -0.4 is 0 Å². The van der Waals surface area contributed by atoms with Crippen LogP contribution in [0.15, 0.2) is 48.5 Å². The van der Waals surface area contributed by atoms with Crippen LogP contribution in [0.25, 0.3) is 10.9 Å². The van der Waals surface area contributed by atoms with Gasteiger partial charge >= 0.3 is 0 Å². The lowest BCUT2D eigenvalue weighted by Crippen LogP contribution is -2.31. The molecule has 0 unspecified atom stereocenters. The van der Waals surface area contributed by atoms with Crippen molar-refractivity contribution in [3.05, 3.63) is 77.0 Å². The number of rotatable bonds is 4. The fourth-order valence-corrected chi connectivity index (χ4v) is 2.81. The van der Waals surface area contributed by atoms with Crippen LogP contribution in [0.4, 0.5) is 8.78 Å². The van der Waals surface area contributed by atoms with E-state index in [0.717, 1.165) is 5.56 Å². The number of nitrogens with zero attached hydrogens (tertiary/aromatic N) is 2. The highest BCUT2D eigenvalue weighted by Crippen LogP contribution is 2.20. The summed E-state index contributed by atoms with van der Waals surface area (Å²) in [4.78, 5) is 18.9. The summed E-state index contributed by atoms with van der Waals surface area (Å²) in [6.45, 7) is 4.40. The smallest absolute Gasteiger partial charge is 0.256 e. The van der Waals surface area contributed by atoms with Gasteiger partial charge in [-0.15, -0.1) is 0 Å². The highest BCUT2D eigenvalue weighted by Gasteiger charge is 2.18. The van der Waals surface area contributed by atoms with Gasteiger partial charge < -0.3 is 4.90 Å². The Kier molecular flexibility index (Phi) is 4.74. The van der Waals surface area contributed by atoms with Gasteiger partial charge in [0.1, 0.15) is 11.6 Å². The molecule has 0 spiro atoms. The van der Waals surface area contributed by atoms with Crippen molar-refractivity contribution in [2.45, 2.75) is 20.4 Å². The Morgan fingerprint density at radius 2 is 1.84 bits per heavy atom. The number of aromatic nitrogens is 1. The molecule has 0 aliphatic heterocycles. The predicted octanol–water partition coefficient (Wildman–Crippen LogP) is 4.48. The van der Waals surface area contributed by atoms with E-state index in [-0.39, 0.29) is 17.5 Å². The summed E-state index contributed by atoms with van der Waals surface area (Å²) in [6, 6.07) is 12.2. The summed E-state index contributed by atoms with van der Waals surface area (Å²) >= 11 is 0. The average Bonchev–Trinajstić information content (AvgIpc) is 2.58. The first kappa shape index (κ1) is 17.0. The second kappa shape index (κ2) is 6.97. The standard InChI is InChI=1S/C20H18F2N2O/c1-3-24(12-14-5-4-6-16(21)9-14)20(25)18-10-15-7-8-17(22)11-19(15)23-13(18)2/h4-11H,3,12H2,1-2H3. The molecule has 3 aromatic rings. The van der Waals surface area contributed by atoms with E-state index in [0.29, 0.717) is 35.2 Å². The second-order valence-electron chi connectivity index (χ2n) is 5.91. The SMILES string of the molecule is CCN(Cc1cccc(F)c1)C(=O)c1cc2ccc(F)cc2nc1C. The molecule has 0 radical (unpaired) electrons. The lowest BCUT2D eigenvalue weighted by atomic mass is 10.1. The van der Waals surface area contributed by atoms with Crippen molar-refractivity contribution in [1.29, 1.82) is 0 Å². The van der Waals surface area contributed by atoms with E-state index in [1.165, 1.54) is 24.3 Å². The minimum Gasteiger partial charge on any atom is -0.335 e. The summed E-state index contributed by atoms with van der Waals surface area (Å²) in [5.41, 5.74) is 2.25. The molecule has 1 aromatic heterocycles. The van der Waals surface area contributed by atoms with Crippen LogP contribution in [-0.2, 0) is 6.54 Å². The van der Waals surface area contributed by atoms with Gasteiger partial charge in [-0.1, -0.05) is 12.1 Å². The monoisotopic (exact) mass is 340 g/mol. The summed E-state index contributed by atoms with van der Waals surface area (Å²) in [7, 11) is 0. The Balaban J connectivity index is 1.93. The Labute approximate surface area is 144 Å². The van der Waals surface area contributed by atoms with Crippen molar-refractivity contribution in [1.82, 2.24) is 9.88 Å². The van der Waals surface area contributed by atoms with Crippen molar-refractivity contribution in [2.24, 2.45) is 0 Å². The molecule has 2 aromatic carbocycles. The number of carbonyl (C=O) groups excluding carboxylic acids is 1. The third-order valence-corrected chi connectivity index (χ3v) is 4.13. The van der Waals surface area contributed by atoms with Gasteiger partial charge in [0, 0.05) is 24.5 Å². The second-order valence-corrected chi connectivity index (χ2v) is 5.91. The topological polar surface area (TPSA) is 33.2 Å². The van der Waals surface area contributed by atoms with Gasteiger partial charge in [0.25, 0.3) is 5.91 Å². The van der Waals surface area contributed by atoms with Crippen LogP contribution in [0, 0.1) is 18.6 Å². The third-order valence-electron chi connectivity index (χ3n) is 4.13. The summed E-state index contributed by atoms with van der Waals surface area (Å²) in [6.07, 6.45) is 0. The fourth-order valence-electron chi connectivity index (χ4n) is 2.81. The van der Waals surface area contributed by atoms with Gasteiger partial charge in [-0.25, -0.2) is 8.78 Å². The molecular formula is C20H18F2N2O. The minimum absolute atomic E-state index is 0.178. The Bertz CT molecular complexity index is 940.